The van der Waals surface area contributed by atoms with E-state index in [0.717, 1.165) is 13.0 Å². The molecule has 0 saturated heterocycles. The number of rotatable bonds is 7. The predicted octanol–water partition coefficient (Wildman–Crippen LogP) is 6.76. The van der Waals surface area contributed by atoms with Gasteiger partial charge in [0.1, 0.15) is 0 Å². The van der Waals surface area contributed by atoms with Gasteiger partial charge in [-0.2, -0.15) is 0 Å². The summed E-state index contributed by atoms with van der Waals surface area (Å²) in [5.41, 5.74) is 0. The molecule has 0 aromatic heterocycles. The lowest BCUT2D eigenvalue weighted by atomic mass is 10.2. The molecule has 0 bridgehead atoms. The normalized spacial score (nSPS) is 20.5. The first-order valence-corrected chi connectivity index (χ1v) is 15.9. The Morgan fingerprint density at radius 2 is 1.35 bits per heavy atom. The van der Waals surface area contributed by atoms with Gasteiger partial charge >= 0.3 is 0 Å². The number of hydrogen-bond acceptors (Lipinski definition) is 2. The molecule has 138 valence electrons. The zero-order valence-electron chi connectivity index (χ0n) is 17.1. The van der Waals surface area contributed by atoms with Gasteiger partial charge in [-0.05, 0) is 55.5 Å². The largest absolute Gasteiger partial charge is 0.414 e. The summed E-state index contributed by atoms with van der Waals surface area (Å²) in [5, 5.41) is 0.514. The first-order valence-electron chi connectivity index (χ1n) is 9.00. The van der Waals surface area contributed by atoms with Gasteiger partial charge in [-0.15, -0.1) is 0 Å². The third kappa shape index (κ3) is 6.39. The monoisotopic (exact) mass is 470 g/mol. The highest BCUT2D eigenvalue weighted by Crippen LogP contribution is 2.50. The van der Waals surface area contributed by atoms with E-state index in [1.807, 2.05) is 0 Å². The van der Waals surface area contributed by atoms with E-state index in [1.54, 1.807) is 0 Å². The quantitative estimate of drug-likeness (QED) is 0.233. The molecule has 1 rings (SSSR count). The lowest BCUT2D eigenvalue weighted by molar-refractivity contribution is 0.0996. The van der Waals surface area contributed by atoms with Crippen LogP contribution in [0.5, 0.6) is 0 Å². The molecule has 2 nitrogen and oxygen atoms in total. The smallest absolute Gasteiger partial charge is 0.192 e. The van der Waals surface area contributed by atoms with Gasteiger partial charge in [0.05, 0.1) is 12.7 Å². The van der Waals surface area contributed by atoms with Crippen LogP contribution >= 0.6 is 22.6 Å². The van der Waals surface area contributed by atoms with Crippen molar-refractivity contribution in [3.63, 3.8) is 0 Å². The molecule has 0 amide bonds. The summed E-state index contributed by atoms with van der Waals surface area (Å²) in [6, 6.07) is 0. The molecule has 0 N–H and O–H groups in total. The van der Waals surface area contributed by atoms with Gasteiger partial charge in [0.25, 0.3) is 0 Å². The van der Waals surface area contributed by atoms with Gasteiger partial charge in [-0.3, -0.25) is 0 Å². The molecule has 0 aromatic carbocycles. The molecular formula is C18H39IO2Si2. The highest BCUT2D eigenvalue weighted by atomic mass is 127. The molecule has 0 heterocycles. The van der Waals surface area contributed by atoms with E-state index < -0.39 is 16.6 Å². The van der Waals surface area contributed by atoms with Gasteiger partial charge < -0.3 is 8.85 Å². The molecule has 1 aliphatic rings. The minimum absolute atomic E-state index is 0.254. The van der Waals surface area contributed by atoms with E-state index in [-0.39, 0.29) is 16.2 Å². The van der Waals surface area contributed by atoms with Crippen molar-refractivity contribution < 1.29 is 8.85 Å². The molecule has 5 heteroatoms. The second kappa shape index (κ2) is 7.01. The van der Waals surface area contributed by atoms with E-state index >= 15 is 0 Å². The van der Waals surface area contributed by atoms with Crippen LogP contribution in [0, 0.1) is 0 Å². The summed E-state index contributed by atoms with van der Waals surface area (Å²) in [4.78, 5) is 0. The van der Waals surface area contributed by atoms with Crippen LogP contribution in [0.1, 0.15) is 60.8 Å². The van der Waals surface area contributed by atoms with Crippen molar-refractivity contribution in [3.8, 4) is 0 Å². The van der Waals surface area contributed by atoms with Crippen molar-refractivity contribution >= 4 is 39.2 Å². The van der Waals surface area contributed by atoms with Crippen LogP contribution in [0.2, 0.25) is 36.3 Å². The summed E-state index contributed by atoms with van der Waals surface area (Å²) in [6.45, 7) is 24.1. The number of halogens is 1. The van der Waals surface area contributed by atoms with E-state index in [2.05, 4.69) is 90.3 Å². The highest BCUT2D eigenvalue weighted by Gasteiger charge is 2.46. The summed E-state index contributed by atoms with van der Waals surface area (Å²) in [5.74, 6) is 0. The first kappa shape index (κ1) is 22.1. The van der Waals surface area contributed by atoms with Crippen molar-refractivity contribution in [2.75, 3.05) is 6.61 Å². The summed E-state index contributed by atoms with van der Waals surface area (Å²) in [7, 11) is -3.46. The summed E-state index contributed by atoms with van der Waals surface area (Å²) >= 11 is 2.64. The standard InChI is InChI=1S/C18H39IO2Si2/c1-16(2,3)22(7,8)20-14-15(13-18(19)11-12-18)21-23(9,10)17(4,5)6/h15H,11-14H2,1-10H3/t15-/m1/s1. The maximum Gasteiger partial charge on any atom is 0.192 e. The molecule has 1 saturated carbocycles. The lowest BCUT2D eigenvalue weighted by Gasteiger charge is -2.42. The molecule has 1 aliphatic carbocycles. The third-order valence-electron chi connectivity index (χ3n) is 6.09. The van der Waals surface area contributed by atoms with Crippen LogP contribution in [0.4, 0.5) is 0 Å². The molecule has 0 spiro atoms. The molecule has 0 radical (unpaired) electrons. The minimum Gasteiger partial charge on any atom is -0.414 e. The summed E-state index contributed by atoms with van der Waals surface area (Å²) in [6.07, 6.45) is 4.08. The van der Waals surface area contributed by atoms with Crippen molar-refractivity contribution in [3.05, 3.63) is 0 Å². The molecule has 0 aromatic rings. The van der Waals surface area contributed by atoms with Crippen LogP contribution in [0.25, 0.3) is 0 Å². The van der Waals surface area contributed by atoms with Crippen molar-refractivity contribution in [1.82, 2.24) is 0 Å². The Hall–Kier alpha value is 1.08. The minimum atomic E-state index is -1.75. The first-order chi connectivity index (χ1) is 9.99. The van der Waals surface area contributed by atoms with Gasteiger partial charge in [-0.25, -0.2) is 0 Å². The zero-order valence-corrected chi connectivity index (χ0v) is 21.3. The molecular weight excluding hydrogens is 431 g/mol. The van der Waals surface area contributed by atoms with Crippen molar-refractivity contribution in [2.45, 2.75) is 107 Å². The molecule has 0 unspecified atom stereocenters. The van der Waals surface area contributed by atoms with Crippen LogP contribution in [-0.2, 0) is 8.85 Å². The second-order valence-corrected chi connectivity index (χ2v) is 22.3. The SMILES string of the molecule is CC(C)(C)[Si](C)(C)OC[C@@H](CC1(I)CC1)O[Si](C)(C)C(C)(C)C. The average molecular weight is 471 g/mol. The third-order valence-corrected chi connectivity index (χ3v) is 16.6. The van der Waals surface area contributed by atoms with Crippen LogP contribution in [0.3, 0.4) is 0 Å². The zero-order chi connectivity index (χ0) is 18.3. The molecule has 1 atom stereocenters. The van der Waals surface area contributed by atoms with E-state index in [0.29, 0.717) is 3.42 Å². The number of alkyl halides is 1. The fourth-order valence-corrected chi connectivity index (χ4v) is 5.13. The van der Waals surface area contributed by atoms with E-state index in [9.17, 15) is 0 Å². The predicted molar refractivity (Wildman–Crippen MR) is 116 cm³/mol. The fourth-order valence-electron chi connectivity index (χ4n) is 1.99. The lowest BCUT2D eigenvalue weighted by Crippen LogP contribution is -2.48. The maximum atomic E-state index is 6.76. The fraction of sp³-hybridized carbons (Fsp3) is 1.00. The molecule has 1 fully saturated rings. The van der Waals surface area contributed by atoms with Gasteiger partial charge in [0.2, 0.25) is 0 Å². The molecule has 23 heavy (non-hydrogen) atoms. The van der Waals surface area contributed by atoms with Crippen molar-refractivity contribution in [2.24, 2.45) is 0 Å². The number of hydrogen-bond donors (Lipinski definition) is 0. The van der Waals surface area contributed by atoms with Gasteiger partial charge in [-0.1, -0.05) is 64.1 Å². The van der Waals surface area contributed by atoms with E-state index in [1.165, 1.54) is 12.8 Å². The van der Waals surface area contributed by atoms with Crippen molar-refractivity contribution in [1.29, 1.82) is 0 Å². The Morgan fingerprint density at radius 1 is 0.913 bits per heavy atom. The van der Waals surface area contributed by atoms with Crippen LogP contribution < -0.4 is 0 Å². The van der Waals surface area contributed by atoms with Crippen LogP contribution in [-0.4, -0.2) is 32.8 Å². The van der Waals surface area contributed by atoms with E-state index in [4.69, 9.17) is 8.85 Å². The maximum absolute atomic E-state index is 6.76. The van der Waals surface area contributed by atoms with Gasteiger partial charge in [0, 0.05) is 3.42 Å². The Balaban J connectivity index is 2.78. The Bertz CT molecular complexity index is 404. The highest BCUT2D eigenvalue weighted by molar-refractivity contribution is 14.1. The van der Waals surface area contributed by atoms with Gasteiger partial charge in [0.15, 0.2) is 16.6 Å². The topological polar surface area (TPSA) is 18.5 Å². The Labute approximate surface area is 160 Å². The Kier molecular flexibility index (Phi) is 6.74. The summed E-state index contributed by atoms with van der Waals surface area (Å²) < 4.78 is 13.8. The Morgan fingerprint density at radius 3 is 1.70 bits per heavy atom. The second-order valence-electron chi connectivity index (χ2n) is 10.4. The average Bonchev–Trinajstić information content (AvgIpc) is 3.00. The van der Waals surface area contributed by atoms with Crippen LogP contribution in [0.15, 0.2) is 0 Å². The molecule has 0 aliphatic heterocycles.